The summed E-state index contributed by atoms with van der Waals surface area (Å²) in [5, 5.41) is 6.23. The van der Waals surface area contributed by atoms with Crippen molar-refractivity contribution in [2.45, 2.75) is 13.0 Å². The number of hydrogen-bond donors (Lipinski definition) is 2. The van der Waals surface area contributed by atoms with Crippen LogP contribution in [0.1, 0.15) is 6.92 Å². The summed E-state index contributed by atoms with van der Waals surface area (Å²) in [6.45, 7) is 4.47. The van der Waals surface area contributed by atoms with Gasteiger partial charge in [0.25, 0.3) is 0 Å². The molecule has 0 spiro atoms. The molecule has 4 nitrogen and oxygen atoms in total. The van der Waals surface area contributed by atoms with E-state index < -0.39 is 0 Å². The Bertz CT molecular complexity index is 399. The quantitative estimate of drug-likeness (QED) is 0.734. The summed E-state index contributed by atoms with van der Waals surface area (Å²) < 4.78 is 1.16. The molecule has 0 aliphatic carbocycles. The van der Waals surface area contributed by atoms with E-state index in [9.17, 15) is 4.79 Å². The summed E-state index contributed by atoms with van der Waals surface area (Å²) in [7, 11) is 0. The summed E-state index contributed by atoms with van der Waals surface area (Å²) in [6, 6.07) is 8.16. The number of benzene rings is 1. The van der Waals surface area contributed by atoms with Gasteiger partial charge in [-0.05, 0) is 53.8 Å². The third-order valence-corrected chi connectivity index (χ3v) is 3.47. The molecule has 2 rings (SSSR count). The molecule has 0 saturated carbocycles. The fourth-order valence-electron chi connectivity index (χ4n) is 1.85. The predicted molar refractivity (Wildman–Crippen MR) is 84.5 cm³/mol. The maximum Gasteiger partial charge on any atom is 0.321 e. The molecule has 1 unspecified atom stereocenters. The monoisotopic (exact) mass is 381 g/mol. The van der Waals surface area contributed by atoms with Crippen molar-refractivity contribution >= 4 is 46.7 Å². The highest BCUT2D eigenvalue weighted by molar-refractivity contribution is 14.1. The normalized spacial score (nSPS) is 19.0. The topological polar surface area (TPSA) is 44.4 Å². The van der Waals surface area contributed by atoms with E-state index in [-0.39, 0.29) is 18.4 Å². The third-order valence-electron chi connectivity index (χ3n) is 2.75. The molecule has 18 heavy (non-hydrogen) atoms. The zero-order valence-corrected chi connectivity index (χ0v) is 13.1. The average molecular weight is 382 g/mol. The standard InChI is InChI=1S/C12H16IN3O.ClH/c1-9-8-16(7-6-14-9)12(17)15-11-4-2-10(13)3-5-11;/h2-5,9,14H,6-8H2,1H3,(H,15,17);1H. The minimum Gasteiger partial charge on any atom is -0.322 e. The molecule has 2 N–H and O–H groups in total. The van der Waals surface area contributed by atoms with E-state index in [1.165, 1.54) is 0 Å². The van der Waals surface area contributed by atoms with Crippen LogP contribution in [0.3, 0.4) is 0 Å². The van der Waals surface area contributed by atoms with E-state index in [1.54, 1.807) is 0 Å². The van der Waals surface area contributed by atoms with Crippen LogP contribution in [0.25, 0.3) is 0 Å². The Morgan fingerprint density at radius 3 is 2.72 bits per heavy atom. The maximum absolute atomic E-state index is 12.0. The van der Waals surface area contributed by atoms with Crippen LogP contribution in [-0.2, 0) is 0 Å². The lowest BCUT2D eigenvalue weighted by Crippen LogP contribution is -2.52. The maximum atomic E-state index is 12.0. The van der Waals surface area contributed by atoms with Crippen molar-refractivity contribution in [3.8, 4) is 0 Å². The number of nitrogens with zero attached hydrogens (tertiary/aromatic N) is 1. The van der Waals surface area contributed by atoms with Crippen LogP contribution in [0.2, 0.25) is 0 Å². The molecule has 1 atom stereocenters. The molecular weight excluding hydrogens is 365 g/mol. The zero-order valence-electron chi connectivity index (χ0n) is 10.1. The van der Waals surface area contributed by atoms with Crippen molar-refractivity contribution in [2.75, 3.05) is 25.0 Å². The smallest absolute Gasteiger partial charge is 0.321 e. The lowest BCUT2D eigenvalue weighted by Gasteiger charge is -2.31. The summed E-state index contributed by atoms with van der Waals surface area (Å²) in [5.41, 5.74) is 0.849. The molecule has 0 bridgehead atoms. The zero-order chi connectivity index (χ0) is 12.3. The fourth-order valence-corrected chi connectivity index (χ4v) is 2.21. The molecule has 0 radical (unpaired) electrons. The Labute approximate surface area is 127 Å². The highest BCUT2D eigenvalue weighted by atomic mass is 127. The lowest BCUT2D eigenvalue weighted by molar-refractivity contribution is 0.192. The van der Waals surface area contributed by atoms with Gasteiger partial charge >= 0.3 is 6.03 Å². The van der Waals surface area contributed by atoms with Gasteiger partial charge in [0.2, 0.25) is 0 Å². The molecule has 2 amide bonds. The molecule has 1 aliphatic heterocycles. The van der Waals surface area contributed by atoms with Crippen molar-refractivity contribution < 1.29 is 4.79 Å². The Hall–Kier alpha value is -0.530. The fraction of sp³-hybridized carbons (Fsp3) is 0.417. The van der Waals surface area contributed by atoms with Gasteiger partial charge in [-0.2, -0.15) is 0 Å². The second-order valence-electron chi connectivity index (χ2n) is 4.24. The number of rotatable bonds is 1. The number of halogens is 2. The van der Waals surface area contributed by atoms with Crippen LogP contribution in [0.5, 0.6) is 0 Å². The number of carbonyl (C=O) groups is 1. The minimum atomic E-state index is -0.0143. The van der Waals surface area contributed by atoms with Gasteiger partial charge in [0.1, 0.15) is 0 Å². The third kappa shape index (κ3) is 4.29. The van der Waals surface area contributed by atoms with Crippen LogP contribution in [0.4, 0.5) is 10.5 Å². The van der Waals surface area contributed by atoms with Crippen LogP contribution < -0.4 is 10.6 Å². The molecule has 1 fully saturated rings. The Morgan fingerprint density at radius 2 is 2.11 bits per heavy atom. The summed E-state index contributed by atoms with van der Waals surface area (Å²) in [6.07, 6.45) is 0. The highest BCUT2D eigenvalue weighted by Crippen LogP contribution is 2.12. The van der Waals surface area contributed by atoms with E-state index in [0.29, 0.717) is 6.04 Å². The van der Waals surface area contributed by atoms with Gasteiger partial charge in [0.05, 0.1) is 0 Å². The number of urea groups is 1. The first-order valence-corrected chi connectivity index (χ1v) is 6.78. The molecule has 100 valence electrons. The van der Waals surface area contributed by atoms with Crippen molar-refractivity contribution in [1.29, 1.82) is 0 Å². The minimum absolute atomic E-state index is 0. The first-order chi connectivity index (χ1) is 8.15. The van der Waals surface area contributed by atoms with E-state index in [0.717, 1.165) is 28.9 Å². The number of nitrogens with one attached hydrogen (secondary N) is 2. The van der Waals surface area contributed by atoms with E-state index in [1.807, 2.05) is 29.2 Å². The summed E-state index contributed by atoms with van der Waals surface area (Å²) in [5.74, 6) is 0. The van der Waals surface area contributed by atoms with Gasteiger partial charge in [0.15, 0.2) is 0 Å². The SMILES string of the molecule is CC1CN(C(=O)Nc2ccc(I)cc2)CCN1.Cl. The largest absolute Gasteiger partial charge is 0.322 e. The van der Waals surface area contributed by atoms with Crippen molar-refractivity contribution in [2.24, 2.45) is 0 Å². The van der Waals surface area contributed by atoms with E-state index in [4.69, 9.17) is 0 Å². The van der Waals surface area contributed by atoms with Crippen molar-refractivity contribution in [3.05, 3.63) is 27.8 Å². The molecule has 1 aromatic carbocycles. The first kappa shape index (κ1) is 15.5. The van der Waals surface area contributed by atoms with Gasteiger partial charge in [-0.15, -0.1) is 12.4 Å². The average Bonchev–Trinajstić information content (AvgIpc) is 2.32. The van der Waals surface area contributed by atoms with E-state index in [2.05, 4.69) is 40.1 Å². The summed E-state index contributed by atoms with van der Waals surface area (Å²) >= 11 is 2.24. The Balaban J connectivity index is 0.00000162. The van der Waals surface area contributed by atoms with Gasteiger partial charge in [-0.3, -0.25) is 0 Å². The van der Waals surface area contributed by atoms with Crippen molar-refractivity contribution in [3.63, 3.8) is 0 Å². The first-order valence-electron chi connectivity index (χ1n) is 5.70. The number of hydrogen-bond acceptors (Lipinski definition) is 2. The number of carbonyl (C=O) groups excluding carboxylic acids is 1. The molecule has 1 heterocycles. The second kappa shape index (κ2) is 7.16. The molecule has 1 saturated heterocycles. The Kier molecular flexibility index (Phi) is 6.17. The number of anilines is 1. The second-order valence-corrected chi connectivity index (χ2v) is 5.48. The van der Waals surface area contributed by atoms with Crippen molar-refractivity contribution in [1.82, 2.24) is 10.2 Å². The molecule has 1 aliphatic rings. The number of amides is 2. The van der Waals surface area contributed by atoms with Crippen LogP contribution >= 0.6 is 35.0 Å². The lowest BCUT2D eigenvalue weighted by atomic mass is 10.2. The molecular formula is C12H17ClIN3O. The van der Waals surface area contributed by atoms with Gasteiger partial charge in [-0.25, -0.2) is 4.79 Å². The van der Waals surface area contributed by atoms with Gasteiger partial charge < -0.3 is 15.5 Å². The van der Waals surface area contributed by atoms with Gasteiger partial charge in [0, 0.05) is 34.9 Å². The molecule has 6 heteroatoms. The molecule has 1 aromatic rings. The predicted octanol–water partition coefficient (Wildman–Crippen LogP) is 2.54. The Morgan fingerprint density at radius 1 is 1.44 bits per heavy atom. The van der Waals surface area contributed by atoms with Crippen LogP contribution in [-0.4, -0.2) is 36.6 Å². The van der Waals surface area contributed by atoms with E-state index >= 15 is 0 Å². The van der Waals surface area contributed by atoms with Crippen LogP contribution in [0, 0.1) is 3.57 Å². The summed E-state index contributed by atoms with van der Waals surface area (Å²) in [4.78, 5) is 13.8. The van der Waals surface area contributed by atoms with Gasteiger partial charge in [-0.1, -0.05) is 0 Å². The highest BCUT2D eigenvalue weighted by Gasteiger charge is 2.20. The molecule has 0 aromatic heterocycles. The van der Waals surface area contributed by atoms with Crippen LogP contribution in [0.15, 0.2) is 24.3 Å². The number of piperazine rings is 1.